The van der Waals surface area contributed by atoms with Gasteiger partial charge in [-0.2, -0.15) is 0 Å². The Labute approximate surface area is 73.6 Å². The predicted molar refractivity (Wildman–Crippen MR) is 49.9 cm³/mol. The summed E-state index contributed by atoms with van der Waals surface area (Å²) in [7, 11) is 0. The van der Waals surface area contributed by atoms with Gasteiger partial charge in [0.05, 0.1) is 6.61 Å². The van der Waals surface area contributed by atoms with Crippen LogP contribution in [0.4, 0.5) is 0 Å². The number of aliphatic hydroxyl groups excluding tert-OH is 1. The monoisotopic (exact) mass is 167 g/mol. The lowest BCUT2D eigenvalue weighted by atomic mass is 10.0. The fourth-order valence-electron chi connectivity index (χ4n) is 1.25. The highest BCUT2D eigenvalue weighted by Gasteiger charge is 2.02. The molecular weight excluding hydrogens is 150 g/mol. The van der Waals surface area contributed by atoms with Crippen molar-refractivity contribution in [3.8, 4) is 0 Å². The molecule has 0 saturated heterocycles. The Morgan fingerprint density at radius 2 is 2.25 bits per heavy atom. The maximum absolute atomic E-state index is 8.95. The van der Waals surface area contributed by atoms with Crippen molar-refractivity contribution in [1.29, 1.82) is 0 Å². The van der Waals surface area contributed by atoms with Crippen LogP contribution in [-0.4, -0.2) is 10.1 Å². The third-order valence-electron chi connectivity index (χ3n) is 2.07. The minimum atomic E-state index is 0.150. The van der Waals surface area contributed by atoms with Crippen molar-refractivity contribution < 1.29 is 5.11 Å². The number of aromatic nitrogens is 1. The van der Waals surface area contributed by atoms with Gasteiger partial charge in [-0.3, -0.25) is 0 Å². The molecular formula is C10H17NO. The molecule has 0 radical (unpaired) electrons. The minimum absolute atomic E-state index is 0.150. The Balaban J connectivity index is 2.50. The summed E-state index contributed by atoms with van der Waals surface area (Å²) in [5.74, 6) is 0.722. The number of hydrogen-bond acceptors (Lipinski definition) is 1. The summed E-state index contributed by atoms with van der Waals surface area (Å²) < 4.78 is 0. The summed E-state index contributed by atoms with van der Waals surface area (Å²) in [6.45, 7) is 4.57. The van der Waals surface area contributed by atoms with E-state index in [0.29, 0.717) is 0 Å². The molecule has 1 aromatic heterocycles. The number of nitrogens with one attached hydrogen (secondary N) is 1. The van der Waals surface area contributed by atoms with Crippen LogP contribution in [0.25, 0.3) is 0 Å². The molecule has 0 aliphatic rings. The minimum Gasteiger partial charge on any atom is -0.392 e. The van der Waals surface area contributed by atoms with E-state index in [1.54, 1.807) is 0 Å². The maximum Gasteiger partial charge on any atom is 0.0699 e. The van der Waals surface area contributed by atoms with Gasteiger partial charge in [0.2, 0.25) is 0 Å². The van der Waals surface area contributed by atoms with Gasteiger partial charge in [-0.1, -0.05) is 13.8 Å². The van der Waals surface area contributed by atoms with E-state index < -0.39 is 0 Å². The van der Waals surface area contributed by atoms with Gasteiger partial charge < -0.3 is 10.1 Å². The van der Waals surface area contributed by atoms with E-state index in [-0.39, 0.29) is 6.61 Å². The molecule has 12 heavy (non-hydrogen) atoms. The fraction of sp³-hybridized carbons (Fsp3) is 0.600. The maximum atomic E-state index is 8.95. The number of aliphatic hydroxyl groups is 1. The van der Waals surface area contributed by atoms with Gasteiger partial charge in [-0.05, 0) is 30.4 Å². The second-order valence-corrected chi connectivity index (χ2v) is 3.57. The van der Waals surface area contributed by atoms with Crippen LogP contribution in [0.3, 0.4) is 0 Å². The summed E-state index contributed by atoms with van der Waals surface area (Å²) >= 11 is 0. The third kappa shape index (κ3) is 2.38. The lowest BCUT2D eigenvalue weighted by Crippen LogP contribution is -1.95. The lowest BCUT2D eigenvalue weighted by Gasteiger charge is -2.04. The van der Waals surface area contributed by atoms with Gasteiger partial charge in [0.25, 0.3) is 0 Å². The molecule has 1 heterocycles. The SMILES string of the molecule is CC(C)CCc1[nH]ccc1CO. The topological polar surface area (TPSA) is 36.0 Å². The molecule has 68 valence electrons. The molecule has 0 aliphatic heterocycles. The molecule has 0 saturated carbocycles. The molecule has 2 nitrogen and oxygen atoms in total. The van der Waals surface area contributed by atoms with Crippen LogP contribution >= 0.6 is 0 Å². The number of aryl methyl sites for hydroxylation is 1. The summed E-state index contributed by atoms with van der Waals surface area (Å²) in [5, 5.41) is 8.95. The Morgan fingerprint density at radius 1 is 1.50 bits per heavy atom. The zero-order valence-electron chi connectivity index (χ0n) is 7.80. The van der Waals surface area contributed by atoms with E-state index in [0.717, 1.165) is 17.9 Å². The van der Waals surface area contributed by atoms with Crippen LogP contribution in [0.5, 0.6) is 0 Å². The van der Waals surface area contributed by atoms with E-state index in [4.69, 9.17) is 5.11 Å². The summed E-state index contributed by atoms with van der Waals surface area (Å²) in [6.07, 6.45) is 4.11. The lowest BCUT2D eigenvalue weighted by molar-refractivity contribution is 0.280. The van der Waals surface area contributed by atoms with Crippen molar-refractivity contribution >= 4 is 0 Å². The highest BCUT2D eigenvalue weighted by molar-refractivity contribution is 5.19. The number of aromatic amines is 1. The number of rotatable bonds is 4. The van der Waals surface area contributed by atoms with E-state index in [2.05, 4.69) is 18.8 Å². The Kier molecular flexibility index (Phi) is 3.35. The second-order valence-electron chi connectivity index (χ2n) is 3.57. The number of H-pyrrole nitrogens is 1. The van der Waals surface area contributed by atoms with Crippen LogP contribution in [0, 0.1) is 5.92 Å². The smallest absolute Gasteiger partial charge is 0.0699 e. The predicted octanol–water partition coefficient (Wildman–Crippen LogP) is 2.10. The Bertz CT molecular complexity index is 227. The molecule has 0 spiro atoms. The van der Waals surface area contributed by atoms with Gasteiger partial charge >= 0.3 is 0 Å². The van der Waals surface area contributed by atoms with E-state index >= 15 is 0 Å². The summed E-state index contributed by atoms with van der Waals surface area (Å²) in [6, 6.07) is 1.94. The molecule has 0 amide bonds. The molecule has 1 aromatic rings. The van der Waals surface area contributed by atoms with Crippen LogP contribution in [0.1, 0.15) is 31.5 Å². The first-order chi connectivity index (χ1) is 5.74. The molecule has 2 heteroatoms. The quantitative estimate of drug-likeness (QED) is 0.707. The van der Waals surface area contributed by atoms with Gasteiger partial charge in [-0.25, -0.2) is 0 Å². The second kappa shape index (κ2) is 4.31. The van der Waals surface area contributed by atoms with Crippen LogP contribution < -0.4 is 0 Å². The molecule has 0 unspecified atom stereocenters. The normalized spacial score (nSPS) is 11.0. The first kappa shape index (κ1) is 9.33. The first-order valence-corrected chi connectivity index (χ1v) is 4.50. The van der Waals surface area contributed by atoms with Gasteiger partial charge in [0, 0.05) is 11.9 Å². The molecule has 0 aliphatic carbocycles. The highest BCUT2D eigenvalue weighted by Crippen LogP contribution is 2.12. The fourth-order valence-corrected chi connectivity index (χ4v) is 1.25. The van der Waals surface area contributed by atoms with Crippen molar-refractivity contribution in [2.75, 3.05) is 0 Å². The van der Waals surface area contributed by atoms with Crippen LogP contribution in [-0.2, 0) is 13.0 Å². The highest BCUT2D eigenvalue weighted by atomic mass is 16.3. The van der Waals surface area contributed by atoms with Gasteiger partial charge in [-0.15, -0.1) is 0 Å². The van der Waals surface area contributed by atoms with E-state index in [1.165, 1.54) is 12.1 Å². The van der Waals surface area contributed by atoms with Gasteiger partial charge in [0.1, 0.15) is 0 Å². The molecule has 2 N–H and O–H groups in total. The van der Waals surface area contributed by atoms with Gasteiger partial charge in [0.15, 0.2) is 0 Å². The molecule has 1 rings (SSSR count). The average Bonchev–Trinajstić information content (AvgIpc) is 2.47. The summed E-state index contributed by atoms with van der Waals surface area (Å²) in [4.78, 5) is 3.15. The zero-order chi connectivity index (χ0) is 8.97. The van der Waals surface area contributed by atoms with Crippen molar-refractivity contribution in [3.63, 3.8) is 0 Å². The molecule has 0 bridgehead atoms. The largest absolute Gasteiger partial charge is 0.392 e. The summed E-state index contributed by atoms with van der Waals surface area (Å²) in [5.41, 5.74) is 2.22. The number of hydrogen-bond donors (Lipinski definition) is 2. The van der Waals surface area contributed by atoms with Crippen LogP contribution in [0.2, 0.25) is 0 Å². The van der Waals surface area contributed by atoms with Crippen molar-refractivity contribution in [2.45, 2.75) is 33.3 Å². The average molecular weight is 167 g/mol. The molecule has 0 atom stereocenters. The van der Waals surface area contributed by atoms with Crippen molar-refractivity contribution in [3.05, 3.63) is 23.5 Å². The van der Waals surface area contributed by atoms with E-state index in [1.807, 2.05) is 12.3 Å². The standard InChI is InChI=1S/C10H17NO/c1-8(2)3-4-10-9(7-12)5-6-11-10/h5-6,8,11-12H,3-4,7H2,1-2H3. The first-order valence-electron chi connectivity index (χ1n) is 4.50. The zero-order valence-corrected chi connectivity index (χ0v) is 7.80. The Hall–Kier alpha value is -0.760. The van der Waals surface area contributed by atoms with Crippen molar-refractivity contribution in [1.82, 2.24) is 4.98 Å². The molecule has 0 aromatic carbocycles. The third-order valence-corrected chi connectivity index (χ3v) is 2.07. The Morgan fingerprint density at radius 3 is 2.83 bits per heavy atom. The van der Waals surface area contributed by atoms with Crippen molar-refractivity contribution in [2.24, 2.45) is 5.92 Å². The molecule has 0 fully saturated rings. The van der Waals surface area contributed by atoms with Crippen LogP contribution in [0.15, 0.2) is 12.3 Å². The van der Waals surface area contributed by atoms with E-state index in [9.17, 15) is 0 Å².